The highest BCUT2D eigenvalue weighted by atomic mass is 35.5. The highest BCUT2D eigenvalue weighted by Gasteiger charge is 2.18. The van der Waals surface area contributed by atoms with E-state index >= 15 is 0 Å². The summed E-state index contributed by atoms with van der Waals surface area (Å²) in [5.41, 5.74) is 0. The number of nitrogens with zero attached hydrogens (tertiary/aromatic N) is 3. The minimum absolute atomic E-state index is 0.233. The van der Waals surface area contributed by atoms with Crippen molar-refractivity contribution >= 4 is 17.6 Å². The molecule has 0 aliphatic rings. The minimum atomic E-state index is -0.233. The van der Waals surface area contributed by atoms with Gasteiger partial charge in [0.05, 0.1) is 0 Å². The first-order valence-corrected chi connectivity index (χ1v) is 6.78. The SMILES string of the molecule is CCC(CC)CN(CC)c1nnc(C(C)Cl)o1. The molecule has 98 valence electrons. The van der Waals surface area contributed by atoms with E-state index in [9.17, 15) is 0 Å². The quantitative estimate of drug-likeness (QED) is 0.702. The van der Waals surface area contributed by atoms with Crippen molar-refractivity contribution in [3.05, 3.63) is 5.89 Å². The van der Waals surface area contributed by atoms with Crippen molar-refractivity contribution in [1.82, 2.24) is 10.2 Å². The lowest BCUT2D eigenvalue weighted by Crippen LogP contribution is -2.29. The Labute approximate surface area is 108 Å². The zero-order valence-corrected chi connectivity index (χ0v) is 11.9. The van der Waals surface area contributed by atoms with Crippen LogP contribution in [0.3, 0.4) is 0 Å². The maximum absolute atomic E-state index is 5.91. The van der Waals surface area contributed by atoms with E-state index < -0.39 is 0 Å². The van der Waals surface area contributed by atoms with Gasteiger partial charge in [-0.25, -0.2) is 0 Å². The topological polar surface area (TPSA) is 42.2 Å². The van der Waals surface area contributed by atoms with E-state index in [1.807, 2.05) is 6.92 Å². The van der Waals surface area contributed by atoms with Gasteiger partial charge in [-0.2, -0.15) is 0 Å². The summed E-state index contributed by atoms with van der Waals surface area (Å²) in [7, 11) is 0. The average Bonchev–Trinajstić information content (AvgIpc) is 2.80. The molecular formula is C12H22ClN3O. The first kappa shape index (κ1) is 14.3. The van der Waals surface area contributed by atoms with E-state index in [0.29, 0.717) is 17.8 Å². The molecule has 1 unspecified atom stereocenters. The molecule has 1 aromatic heterocycles. The van der Waals surface area contributed by atoms with Crippen LogP contribution in [0.5, 0.6) is 0 Å². The van der Waals surface area contributed by atoms with Crippen LogP contribution in [-0.4, -0.2) is 23.3 Å². The number of rotatable bonds is 7. The van der Waals surface area contributed by atoms with E-state index in [1.165, 1.54) is 12.8 Å². The predicted molar refractivity (Wildman–Crippen MR) is 70.5 cm³/mol. The third-order valence-corrected chi connectivity index (χ3v) is 3.24. The Balaban J connectivity index is 2.71. The van der Waals surface area contributed by atoms with Gasteiger partial charge >= 0.3 is 6.01 Å². The molecule has 0 fully saturated rings. The average molecular weight is 260 g/mol. The summed E-state index contributed by atoms with van der Waals surface area (Å²) in [6.07, 6.45) is 2.33. The largest absolute Gasteiger partial charge is 0.406 e. The number of hydrogen-bond donors (Lipinski definition) is 0. The van der Waals surface area contributed by atoms with Crippen molar-refractivity contribution in [3.8, 4) is 0 Å². The van der Waals surface area contributed by atoms with Crippen molar-refractivity contribution < 1.29 is 4.42 Å². The maximum atomic E-state index is 5.91. The van der Waals surface area contributed by atoms with Gasteiger partial charge in [-0.15, -0.1) is 16.7 Å². The van der Waals surface area contributed by atoms with Crippen LogP contribution in [0.4, 0.5) is 6.01 Å². The molecule has 1 aromatic rings. The van der Waals surface area contributed by atoms with Crippen LogP contribution in [0.1, 0.15) is 51.8 Å². The van der Waals surface area contributed by atoms with Crippen molar-refractivity contribution in [3.63, 3.8) is 0 Å². The van der Waals surface area contributed by atoms with Gasteiger partial charge in [-0.3, -0.25) is 0 Å². The molecule has 4 nitrogen and oxygen atoms in total. The maximum Gasteiger partial charge on any atom is 0.318 e. The lowest BCUT2D eigenvalue weighted by atomic mass is 10.0. The normalized spacial score (nSPS) is 13.1. The summed E-state index contributed by atoms with van der Waals surface area (Å²) in [4.78, 5) is 2.12. The lowest BCUT2D eigenvalue weighted by molar-refractivity contribution is 0.442. The Kier molecular flexibility index (Phi) is 5.75. The minimum Gasteiger partial charge on any atom is -0.406 e. The Morgan fingerprint density at radius 1 is 1.24 bits per heavy atom. The van der Waals surface area contributed by atoms with Crippen LogP contribution < -0.4 is 4.90 Å². The van der Waals surface area contributed by atoms with Gasteiger partial charge in [-0.1, -0.05) is 31.8 Å². The van der Waals surface area contributed by atoms with Crippen molar-refractivity contribution in [2.75, 3.05) is 18.0 Å². The van der Waals surface area contributed by atoms with Gasteiger partial charge < -0.3 is 9.32 Å². The summed E-state index contributed by atoms with van der Waals surface area (Å²) >= 11 is 5.91. The molecule has 0 aliphatic carbocycles. The summed E-state index contributed by atoms with van der Waals surface area (Å²) in [5, 5.41) is 7.78. The van der Waals surface area contributed by atoms with Gasteiger partial charge in [0.2, 0.25) is 5.89 Å². The van der Waals surface area contributed by atoms with Crippen LogP contribution in [0.15, 0.2) is 4.42 Å². The van der Waals surface area contributed by atoms with Gasteiger partial charge in [0, 0.05) is 13.1 Å². The van der Waals surface area contributed by atoms with E-state index in [4.69, 9.17) is 16.0 Å². The molecule has 0 aromatic carbocycles. The Morgan fingerprint density at radius 3 is 2.29 bits per heavy atom. The van der Waals surface area contributed by atoms with Crippen molar-refractivity contribution in [2.45, 2.75) is 45.9 Å². The number of alkyl halides is 1. The molecule has 1 atom stereocenters. The Bertz CT molecular complexity index is 323. The van der Waals surface area contributed by atoms with E-state index in [0.717, 1.165) is 13.1 Å². The van der Waals surface area contributed by atoms with Gasteiger partial charge in [-0.05, 0) is 19.8 Å². The van der Waals surface area contributed by atoms with Crippen LogP contribution >= 0.6 is 11.6 Å². The zero-order valence-electron chi connectivity index (χ0n) is 11.1. The summed E-state index contributed by atoms with van der Waals surface area (Å²) < 4.78 is 5.56. The van der Waals surface area contributed by atoms with E-state index in [-0.39, 0.29) is 5.38 Å². The smallest absolute Gasteiger partial charge is 0.318 e. The molecule has 5 heteroatoms. The van der Waals surface area contributed by atoms with E-state index in [2.05, 4.69) is 35.9 Å². The monoisotopic (exact) mass is 259 g/mol. The van der Waals surface area contributed by atoms with Crippen LogP contribution in [0, 0.1) is 5.92 Å². The fourth-order valence-electron chi connectivity index (χ4n) is 1.72. The molecule has 0 radical (unpaired) electrons. The second kappa shape index (κ2) is 6.84. The number of aromatic nitrogens is 2. The van der Waals surface area contributed by atoms with Crippen LogP contribution in [0.2, 0.25) is 0 Å². The third-order valence-electron chi connectivity index (χ3n) is 3.06. The van der Waals surface area contributed by atoms with Crippen molar-refractivity contribution in [2.24, 2.45) is 5.92 Å². The number of hydrogen-bond acceptors (Lipinski definition) is 4. The Morgan fingerprint density at radius 2 is 1.88 bits per heavy atom. The fraction of sp³-hybridized carbons (Fsp3) is 0.833. The predicted octanol–water partition coefficient (Wildman–Crippen LogP) is 3.63. The first-order valence-electron chi connectivity index (χ1n) is 6.34. The molecule has 0 N–H and O–H groups in total. The molecule has 0 spiro atoms. The molecule has 0 aliphatic heterocycles. The summed E-state index contributed by atoms with van der Waals surface area (Å²) in [6, 6.07) is 0.585. The second-order valence-electron chi connectivity index (χ2n) is 4.26. The molecule has 17 heavy (non-hydrogen) atoms. The van der Waals surface area contributed by atoms with Crippen molar-refractivity contribution in [1.29, 1.82) is 0 Å². The zero-order chi connectivity index (χ0) is 12.8. The highest BCUT2D eigenvalue weighted by molar-refractivity contribution is 6.20. The first-order chi connectivity index (χ1) is 8.12. The molecule has 1 heterocycles. The molecule has 1 rings (SSSR count). The number of halogens is 1. The van der Waals surface area contributed by atoms with Gasteiger partial charge in [0.25, 0.3) is 0 Å². The second-order valence-corrected chi connectivity index (χ2v) is 4.91. The molecule has 0 bridgehead atoms. The van der Waals surface area contributed by atoms with Crippen LogP contribution in [-0.2, 0) is 0 Å². The van der Waals surface area contributed by atoms with Gasteiger partial charge in [0.15, 0.2) is 0 Å². The molecule has 0 saturated heterocycles. The molecular weight excluding hydrogens is 238 g/mol. The van der Waals surface area contributed by atoms with Crippen LogP contribution in [0.25, 0.3) is 0 Å². The Hall–Kier alpha value is -0.770. The number of anilines is 1. The lowest BCUT2D eigenvalue weighted by Gasteiger charge is -2.23. The summed E-state index contributed by atoms with van der Waals surface area (Å²) in [5.74, 6) is 1.16. The molecule has 0 amide bonds. The van der Waals surface area contributed by atoms with Gasteiger partial charge in [0.1, 0.15) is 5.38 Å². The third kappa shape index (κ3) is 3.87. The van der Waals surface area contributed by atoms with E-state index in [1.54, 1.807) is 0 Å². The molecule has 0 saturated carbocycles. The summed E-state index contributed by atoms with van der Waals surface area (Å²) in [6.45, 7) is 10.2. The highest BCUT2D eigenvalue weighted by Crippen LogP contribution is 2.22. The fourth-order valence-corrected chi connectivity index (χ4v) is 1.80. The standard InChI is InChI=1S/C12H22ClN3O/c1-5-10(6-2)8-16(7-3)12-15-14-11(17-12)9(4)13/h9-10H,5-8H2,1-4H3.